The summed E-state index contributed by atoms with van der Waals surface area (Å²) in [7, 11) is 1.84. The summed E-state index contributed by atoms with van der Waals surface area (Å²) in [6, 6.07) is 0. The third kappa shape index (κ3) is 1.74. The first-order valence-corrected chi connectivity index (χ1v) is 6.66. The van der Waals surface area contributed by atoms with Crippen LogP contribution >= 0.6 is 22.9 Å². The van der Waals surface area contributed by atoms with Gasteiger partial charge in [0, 0.05) is 29.8 Å². The average Bonchev–Trinajstić information content (AvgIpc) is 2.94. The molecule has 3 aromatic heterocycles. The Balaban J connectivity index is 2.29. The number of thiophene rings is 1. The van der Waals surface area contributed by atoms with Gasteiger partial charge in [0.1, 0.15) is 10.7 Å². The first-order valence-electron chi connectivity index (χ1n) is 5.24. The van der Waals surface area contributed by atoms with Crippen molar-refractivity contribution in [1.82, 2.24) is 19.7 Å². The summed E-state index contributed by atoms with van der Waals surface area (Å²) < 4.78 is 1.70. The van der Waals surface area contributed by atoms with Gasteiger partial charge in [0.25, 0.3) is 5.56 Å². The minimum atomic E-state index is -0.157. The number of nitrogens with one attached hydrogen (secondary N) is 1. The molecule has 0 fully saturated rings. The van der Waals surface area contributed by atoms with E-state index >= 15 is 0 Å². The molecule has 1 N–H and O–H groups in total. The van der Waals surface area contributed by atoms with Crippen LogP contribution in [0.25, 0.3) is 21.3 Å². The molecule has 5 nitrogen and oxygen atoms in total. The third-order valence-electron chi connectivity index (χ3n) is 2.64. The number of alkyl halides is 1. The molecule has 0 aliphatic rings. The van der Waals surface area contributed by atoms with Crippen LogP contribution in [-0.4, -0.2) is 19.7 Å². The lowest BCUT2D eigenvalue weighted by atomic mass is 10.1. The molecule has 3 rings (SSSR count). The largest absolute Gasteiger partial charge is 0.309 e. The quantitative estimate of drug-likeness (QED) is 0.732. The van der Waals surface area contributed by atoms with Gasteiger partial charge < -0.3 is 4.98 Å². The van der Waals surface area contributed by atoms with E-state index in [4.69, 9.17) is 11.6 Å². The first-order chi connectivity index (χ1) is 8.69. The second kappa shape index (κ2) is 4.22. The second-order valence-corrected chi connectivity index (χ2v) is 5.00. The molecule has 0 saturated carbocycles. The number of halogens is 1. The maximum Gasteiger partial charge on any atom is 0.260 e. The summed E-state index contributed by atoms with van der Waals surface area (Å²) in [5.74, 6) is 0.694. The highest BCUT2D eigenvalue weighted by Gasteiger charge is 2.13. The van der Waals surface area contributed by atoms with Crippen LogP contribution in [0.15, 0.2) is 22.6 Å². The van der Waals surface area contributed by atoms with Crippen molar-refractivity contribution in [3.05, 3.63) is 34.0 Å². The molecule has 92 valence electrons. The molecule has 0 spiro atoms. The molecule has 18 heavy (non-hydrogen) atoms. The number of fused-ring (bicyclic) bond motifs is 1. The molecule has 0 saturated heterocycles. The molecule has 0 amide bonds. The Kier molecular flexibility index (Phi) is 2.68. The van der Waals surface area contributed by atoms with Crippen LogP contribution in [0, 0.1) is 0 Å². The summed E-state index contributed by atoms with van der Waals surface area (Å²) in [6.45, 7) is 0. The van der Waals surface area contributed by atoms with Gasteiger partial charge in [-0.15, -0.1) is 22.9 Å². The van der Waals surface area contributed by atoms with Gasteiger partial charge in [0.15, 0.2) is 0 Å². The zero-order valence-corrected chi connectivity index (χ0v) is 11.0. The molecular weight excluding hydrogens is 272 g/mol. The lowest BCUT2D eigenvalue weighted by Crippen LogP contribution is -2.10. The van der Waals surface area contributed by atoms with E-state index in [9.17, 15) is 4.79 Å². The van der Waals surface area contributed by atoms with E-state index in [1.807, 2.05) is 18.6 Å². The van der Waals surface area contributed by atoms with Crippen molar-refractivity contribution in [2.45, 2.75) is 5.88 Å². The Morgan fingerprint density at radius 2 is 2.39 bits per heavy atom. The van der Waals surface area contributed by atoms with Gasteiger partial charge in [-0.05, 0) is 0 Å². The lowest BCUT2D eigenvalue weighted by Gasteiger charge is -1.97. The molecule has 7 heteroatoms. The minimum Gasteiger partial charge on any atom is -0.309 e. The van der Waals surface area contributed by atoms with E-state index in [1.54, 1.807) is 10.9 Å². The lowest BCUT2D eigenvalue weighted by molar-refractivity contribution is 0.768. The summed E-state index contributed by atoms with van der Waals surface area (Å²) in [6.07, 6.45) is 3.60. The van der Waals surface area contributed by atoms with Crippen LogP contribution in [0.1, 0.15) is 5.82 Å². The van der Waals surface area contributed by atoms with E-state index in [0.717, 1.165) is 11.1 Å². The summed E-state index contributed by atoms with van der Waals surface area (Å²) in [5, 5.41) is 6.63. The zero-order valence-electron chi connectivity index (χ0n) is 9.48. The van der Waals surface area contributed by atoms with Crippen molar-refractivity contribution in [3.63, 3.8) is 0 Å². The molecule has 0 bridgehead atoms. The van der Waals surface area contributed by atoms with Gasteiger partial charge in [-0.25, -0.2) is 4.98 Å². The predicted molar refractivity (Wildman–Crippen MR) is 72.0 cm³/mol. The van der Waals surface area contributed by atoms with Crippen molar-refractivity contribution in [1.29, 1.82) is 0 Å². The third-order valence-corrected chi connectivity index (χ3v) is 3.76. The Labute approximate surface area is 111 Å². The Morgan fingerprint density at radius 3 is 3.06 bits per heavy atom. The van der Waals surface area contributed by atoms with Gasteiger partial charge in [-0.3, -0.25) is 9.48 Å². The fourth-order valence-corrected chi connectivity index (χ4v) is 2.92. The van der Waals surface area contributed by atoms with E-state index in [-0.39, 0.29) is 11.4 Å². The fourth-order valence-electron chi connectivity index (χ4n) is 1.83. The van der Waals surface area contributed by atoms with E-state index < -0.39 is 0 Å². The molecular formula is C11H9ClN4OS. The smallest absolute Gasteiger partial charge is 0.260 e. The predicted octanol–water partition coefficient (Wildman–Crippen LogP) is 2.12. The van der Waals surface area contributed by atoms with E-state index in [1.165, 1.54) is 11.3 Å². The van der Waals surface area contributed by atoms with Crippen LogP contribution < -0.4 is 5.56 Å². The highest BCUT2D eigenvalue weighted by atomic mass is 35.5. The zero-order chi connectivity index (χ0) is 12.7. The molecule has 0 aliphatic heterocycles. The number of rotatable bonds is 2. The summed E-state index contributed by atoms with van der Waals surface area (Å²) in [5.41, 5.74) is 1.61. The van der Waals surface area contributed by atoms with Crippen molar-refractivity contribution >= 4 is 33.2 Å². The van der Waals surface area contributed by atoms with Crippen molar-refractivity contribution in [2.75, 3.05) is 0 Å². The van der Waals surface area contributed by atoms with Gasteiger partial charge in [-0.2, -0.15) is 5.10 Å². The van der Waals surface area contributed by atoms with Crippen molar-refractivity contribution < 1.29 is 0 Å². The molecule has 0 aromatic carbocycles. The SMILES string of the molecule is Cn1cc(-c2csc3nc(CCl)[nH]c(=O)c23)cn1. The number of nitrogens with zero attached hydrogens (tertiary/aromatic N) is 3. The van der Waals surface area contributed by atoms with Crippen LogP contribution in [0.3, 0.4) is 0 Å². The number of aromatic nitrogens is 4. The highest BCUT2D eigenvalue weighted by Crippen LogP contribution is 2.30. The summed E-state index contributed by atoms with van der Waals surface area (Å²) in [4.78, 5) is 19.7. The van der Waals surface area contributed by atoms with Crippen LogP contribution in [0.2, 0.25) is 0 Å². The maximum atomic E-state index is 12.0. The molecule has 3 heterocycles. The Bertz CT molecular complexity index is 773. The average molecular weight is 281 g/mol. The van der Waals surface area contributed by atoms with E-state index in [2.05, 4.69) is 15.1 Å². The van der Waals surface area contributed by atoms with Gasteiger partial charge in [-0.1, -0.05) is 0 Å². The van der Waals surface area contributed by atoms with Crippen LogP contribution in [-0.2, 0) is 12.9 Å². The first kappa shape index (κ1) is 11.4. The number of hydrogen-bond acceptors (Lipinski definition) is 4. The molecule has 0 unspecified atom stereocenters. The molecule has 3 aromatic rings. The topological polar surface area (TPSA) is 63.6 Å². The monoisotopic (exact) mass is 280 g/mol. The van der Waals surface area contributed by atoms with Crippen LogP contribution in [0.4, 0.5) is 0 Å². The van der Waals surface area contributed by atoms with Crippen molar-refractivity contribution in [3.8, 4) is 11.1 Å². The van der Waals surface area contributed by atoms with E-state index in [0.29, 0.717) is 16.0 Å². The Morgan fingerprint density at radius 1 is 1.56 bits per heavy atom. The molecule has 0 radical (unpaired) electrons. The normalized spacial score (nSPS) is 11.2. The van der Waals surface area contributed by atoms with Crippen LogP contribution in [0.5, 0.6) is 0 Å². The number of aryl methyl sites for hydroxylation is 1. The maximum absolute atomic E-state index is 12.0. The standard InChI is InChI=1S/C11H9ClN4OS/c1-16-4-6(3-13-16)7-5-18-11-9(7)10(17)14-8(2-12)15-11/h3-5H,2H2,1H3,(H,14,15,17). The molecule has 0 aliphatic carbocycles. The van der Waals surface area contributed by atoms with Gasteiger partial charge in [0.2, 0.25) is 0 Å². The second-order valence-electron chi connectivity index (χ2n) is 3.88. The van der Waals surface area contributed by atoms with Gasteiger partial charge >= 0.3 is 0 Å². The Hall–Kier alpha value is -1.66. The fraction of sp³-hybridized carbons (Fsp3) is 0.182. The number of aromatic amines is 1. The van der Waals surface area contributed by atoms with Crippen molar-refractivity contribution in [2.24, 2.45) is 7.05 Å². The number of hydrogen-bond donors (Lipinski definition) is 1. The minimum absolute atomic E-state index is 0.157. The number of H-pyrrole nitrogens is 1. The molecule has 0 atom stereocenters. The van der Waals surface area contributed by atoms with Gasteiger partial charge in [0.05, 0.1) is 17.5 Å². The summed E-state index contributed by atoms with van der Waals surface area (Å²) >= 11 is 7.12. The highest BCUT2D eigenvalue weighted by molar-refractivity contribution is 7.17.